The smallest absolute Gasteiger partial charge is 0.229 e. The first-order valence-electron chi connectivity index (χ1n) is 9.34. The van der Waals surface area contributed by atoms with E-state index in [1.165, 1.54) is 0 Å². The molecule has 0 saturated carbocycles. The average Bonchev–Trinajstić information content (AvgIpc) is 2.76. The Balaban J connectivity index is 1.56. The van der Waals surface area contributed by atoms with Gasteiger partial charge in [-0.2, -0.15) is 15.1 Å². The number of nitrogens with zero attached hydrogens (tertiary/aromatic N) is 6. The van der Waals surface area contributed by atoms with Crippen molar-refractivity contribution in [1.29, 1.82) is 0 Å². The third-order valence-electron chi connectivity index (χ3n) is 4.59. The lowest BCUT2D eigenvalue weighted by Gasteiger charge is -2.30. The summed E-state index contributed by atoms with van der Waals surface area (Å²) in [6.45, 7) is 6.54. The summed E-state index contributed by atoms with van der Waals surface area (Å²) in [6, 6.07) is 12.0. The van der Waals surface area contributed by atoms with Crippen LogP contribution in [-0.2, 0) is 16.0 Å². The van der Waals surface area contributed by atoms with Crippen LogP contribution in [0.25, 0.3) is 0 Å². The van der Waals surface area contributed by atoms with Gasteiger partial charge in [-0.15, -0.1) is 5.11 Å². The molecule has 1 aromatic carbocycles. The fraction of sp³-hybridized carbons (Fsp3) is 0.474. The summed E-state index contributed by atoms with van der Waals surface area (Å²) in [5.41, 5.74) is 1.12. The van der Waals surface area contributed by atoms with Gasteiger partial charge in [0.15, 0.2) is 5.82 Å². The Kier molecular flexibility index (Phi) is 5.86. The van der Waals surface area contributed by atoms with Gasteiger partial charge in [0.25, 0.3) is 0 Å². The van der Waals surface area contributed by atoms with Gasteiger partial charge in [0, 0.05) is 32.2 Å². The van der Waals surface area contributed by atoms with Crippen LogP contribution in [0.5, 0.6) is 0 Å². The Morgan fingerprint density at radius 3 is 2.22 bits per heavy atom. The summed E-state index contributed by atoms with van der Waals surface area (Å²) in [5.74, 6) is 2.16. The molecule has 4 rings (SSSR count). The third kappa shape index (κ3) is 4.78. The predicted molar refractivity (Wildman–Crippen MR) is 103 cm³/mol. The van der Waals surface area contributed by atoms with Crippen molar-refractivity contribution < 1.29 is 9.47 Å². The topological polar surface area (TPSA) is 75.4 Å². The van der Waals surface area contributed by atoms with Crippen molar-refractivity contribution in [2.45, 2.75) is 6.54 Å². The van der Waals surface area contributed by atoms with Gasteiger partial charge in [-0.25, -0.2) is 0 Å². The van der Waals surface area contributed by atoms with Crippen molar-refractivity contribution in [1.82, 2.24) is 9.97 Å². The van der Waals surface area contributed by atoms with Gasteiger partial charge in [-0.1, -0.05) is 30.3 Å². The molecular formula is C19H24N6O2. The maximum Gasteiger partial charge on any atom is 0.229 e. The lowest BCUT2D eigenvalue weighted by Crippen LogP contribution is -2.39. The van der Waals surface area contributed by atoms with Gasteiger partial charge in [-0.3, -0.25) is 0 Å². The summed E-state index contributed by atoms with van der Waals surface area (Å²) in [4.78, 5) is 13.8. The Labute approximate surface area is 158 Å². The largest absolute Gasteiger partial charge is 0.378 e. The minimum absolute atomic E-state index is 0.532. The molecule has 2 aliphatic heterocycles. The molecular weight excluding hydrogens is 344 g/mol. The quantitative estimate of drug-likeness (QED) is 0.755. The number of hydrogen-bond acceptors (Lipinski definition) is 8. The molecule has 8 heteroatoms. The molecule has 0 N–H and O–H groups in total. The lowest BCUT2D eigenvalue weighted by molar-refractivity contribution is 0.121. The van der Waals surface area contributed by atoms with E-state index >= 15 is 0 Å². The minimum atomic E-state index is 0.532. The zero-order chi connectivity index (χ0) is 18.3. The van der Waals surface area contributed by atoms with E-state index in [2.05, 4.69) is 25.0 Å². The Bertz CT molecular complexity index is 722. The van der Waals surface area contributed by atoms with Crippen molar-refractivity contribution in [2.24, 2.45) is 10.2 Å². The Hall–Kier alpha value is -2.58. The van der Waals surface area contributed by atoms with E-state index in [4.69, 9.17) is 14.5 Å². The molecule has 142 valence electrons. The fourth-order valence-electron chi connectivity index (χ4n) is 3.09. The highest BCUT2D eigenvalue weighted by atomic mass is 16.5. The molecule has 0 spiro atoms. The van der Waals surface area contributed by atoms with Crippen molar-refractivity contribution >= 4 is 17.6 Å². The summed E-state index contributed by atoms with van der Waals surface area (Å²) >= 11 is 0. The minimum Gasteiger partial charge on any atom is -0.378 e. The predicted octanol–water partition coefficient (Wildman–Crippen LogP) is 2.43. The van der Waals surface area contributed by atoms with Gasteiger partial charge >= 0.3 is 0 Å². The number of aromatic nitrogens is 2. The lowest BCUT2D eigenvalue weighted by atomic mass is 10.2. The van der Waals surface area contributed by atoms with Crippen molar-refractivity contribution in [3.8, 4) is 0 Å². The van der Waals surface area contributed by atoms with Gasteiger partial charge in [0.05, 0.1) is 33.0 Å². The van der Waals surface area contributed by atoms with Crippen LogP contribution in [0, 0.1) is 0 Å². The first kappa shape index (κ1) is 17.8. The second kappa shape index (κ2) is 8.88. The highest BCUT2D eigenvalue weighted by Gasteiger charge is 2.19. The molecule has 2 saturated heterocycles. The molecule has 0 unspecified atom stereocenters. The van der Waals surface area contributed by atoms with Crippen molar-refractivity contribution in [3.05, 3.63) is 42.0 Å². The van der Waals surface area contributed by atoms with E-state index in [0.717, 1.165) is 37.6 Å². The fourth-order valence-corrected chi connectivity index (χ4v) is 3.09. The van der Waals surface area contributed by atoms with Crippen LogP contribution in [-0.4, -0.2) is 62.6 Å². The molecule has 2 fully saturated rings. The molecule has 0 aliphatic carbocycles. The van der Waals surface area contributed by atoms with Crippen LogP contribution >= 0.6 is 0 Å². The van der Waals surface area contributed by atoms with E-state index in [9.17, 15) is 0 Å². The standard InChI is InChI=1S/C19H24N6O2/c1-2-4-16(5-3-1)15-20-23-17-14-18(24-6-10-26-11-7-24)22-19(21-17)25-8-12-27-13-9-25/h1-5,14H,6-13,15H2. The summed E-state index contributed by atoms with van der Waals surface area (Å²) in [7, 11) is 0. The number of rotatable bonds is 5. The normalized spacial score (nSPS) is 18.2. The SMILES string of the molecule is c1ccc(CN=Nc2cc(N3CCOCC3)nc(N3CCOCC3)n2)cc1. The molecule has 0 amide bonds. The van der Waals surface area contributed by atoms with E-state index in [1.54, 1.807) is 0 Å². The summed E-state index contributed by atoms with van der Waals surface area (Å²) < 4.78 is 10.9. The highest BCUT2D eigenvalue weighted by molar-refractivity contribution is 5.52. The van der Waals surface area contributed by atoms with Crippen LogP contribution in [0.3, 0.4) is 0 Å². The number of hydrogen-bond donors (Lipinski definition) is 0. The van der Waals surface area contributed by atoms with Crippen molar-refractivity contribution in [2.75, 3.05) is 62.4 Å². The number of azo groups is 1. The molecule has 0 radical (unpaired) electrons. The third-order valence-corrected chi connectivity index (χ3v) is 4.59. The number of anilines is 2. The van der Waals surface area contributed by atoms with Gasteiger partial charge in [0.2, 0.25) is 5.95 Å². The van der Waals surface area contributed by atoms with Gasteiger partial charge in [-0.05, 0) is 5.56 Å². The van der Waals surface area contributed by atoms with Crippen LogP contribution in [0.15, 0.2) is 46.6 Å². The first-order valence-corrected chi connectivity index (χ1v) is 9.34. The second-order valence-corrected chi connectivity index (χ2v) is 6.47. The maximum atomic E-state index is 5.46. The van der Waals surface area contributed by atoms with Gasteiger partial charge in [0.1, 0.15) is 5.82 Å². The molecule has 27 heavy (non-hydrogen) atoms. The molecule has 3 heterocycles. The van der Waals surface area contributed by atoms with E-state index in [1.807, 2.05) is 36.4 Å². The summed E-state index contributed by atoms with van der Waals surface area (Å²) in [6.07, 6.45) is 0. The van der Waals surface area contributed by atoms with Crippen LogP contribution < -0.4 is 9.80 Å². The maximum absolute atomic E-state index is 5.46. The zero-order valence-corrected chi connectivity index (χ0v) is 15.3. The van der Waals surface area contributed by atoms with E-state index in [-0.39, 0.29) is 0 Å². The highest BCUT2D eigenvalue weighted by Crippen LogP contribution is 2.24. The Morgan fingerprint density at radius 2 is 1.52 bits per heavy atom. The summed E-state index contributed by atoms with van der Waals surface area (Å²) in [5, 5.41) is 8.70. The van der Waals surface area contributed by atoms with Crippen LogP contribution in [0.2, 0.25) is 0 Å². The number of morpholine rings is 2. The van der Waals surface area contributed by atoms with E-state index in [0.29, 0.717) is 44.7 Å². The van der Waals surface area contributed by atoms with Crippen molar-refractivity contribution in [3.63, 3.8) is 0 Å². The zero-order valence-electron chi connectivity index (χ0n) is 15.3. The second-order valence-electron chi connectivity index (χ2n) is 6.47. The Morgan fingerprint density at radius 1 is 0.852 bits per heavy atom. The van der Waals surface area contributed by atoms with Gasteiger partial charge < -0.3 is 19.3 Å². The molecule has 2 aromatic rings. The molecule has 0 atom stereocenters. The molecule has 2 aliphatic rings. The molecule has 1 aromatic heterocycles. The monoisotopic (exact) mass is 368 g/mol. The molecule has 0 bridgehead atoms. The average molecular weight is 368 g/mol. The van der Waals surface area contributed by atoms with Crippen LogP contribution in [0.1, 0.15) is 5.56 Å². The number of ether oxygens (including phenoxy) is 2. The number of benzene rings is 1. The first-order chi connectivity index (χ1) is 13.4. The molecule has 8 nitrogen and oxygen atoms in total. The van der Waals surface area contributed by atoms with Crippen LogP contribution in [0.4, 0.5) is 17.6 Å². The van der Waals surface area contributed by atoms with E-state index < -0.39 is 0 Å².